The third-order valence-electron chi connectivity index (χ3n) is 2.26. The molecule has 0 radical (unpaired) electrons. The molecule has 0 fully saturated rings. The fourth-order valence-corrected chi connectivity index (χ4v) is 1.41. The third-order valence-corrected chi connectivity index (χ3v) is 2.26. The molecule has 1 rings (SSSR count). The van der Waals surface area contributed by atoms with Crippen molar-refractivity contribution in [3.05, 3.63) is 35.9 Å². The highest BCUT2D eigenvalue weighted by atomic mass is 16.6. The molecular formula is C13H20NO3+. The molecule has 0 aromatic heterocycles. The molecule has 4 N–H and O–H groups in total. The minimum absolute atomic E-state index is 0.522. The van der Waals surface area contributed by atoms with Gasteiger partial charge in [0.2, 0.25) is 6.10 Å². The van der Waals surface area contributed by atoms with Crippen molar-refractivity contribution in [2.24, 2.45) is 0 Å². The van der Waals surface area contributed by atoms with Gasteiger partial charge in [-0.15, -0.1) is 0 Å². The summed E-state index contributed by atoms with van der Waals surface area (Å²) in [4.78, 5) is 11.7. The van der Waals surface area contributed by atoms with E-state index in [9.17, 15) is 9.90 Å². The zero-order valence-electron chi connectivity index (χ0n) is 10.5. The van der Waals surface area contributed by atoms with Gasteiger partial charge in [0.15, 0.2) is 0 Å². The van der Waals surface area contributed by atoms with Crippen molar-refractivity contribution < 1.29 is 20.4 Å². The van der Waals surface area contributed by atoms with E-state index in [1.807, 2.05) is 30.3 Å². The van der Waals surface area contributed by atoms with Gasteiger partial charge >= 0.3 is 5.97 Å². The summed E-state index contributed by atoms with van der Waals surface area (Å²) in [6, 6.07) is 8.68. The van der Waals surface area contributed by atoms with Gasteiger partial charge in [-0.2, -0.15) is 0 Å². The number of carbonyl (C=O) groups excluding carboxylic acids is 1. The van der Waals surface area contributed by atoms with Crippen LogP contribution in [0.2, 0.25) is 0 Å². The standard InChI is InChI=1S/C13H19NO3/c1-13(2,3)17-12(16)11(15)10(14)9-7-5-4-6-8-9/h4-8,10-11,15H,14H2,1-3H3/p+1/t10-,11-/m0/s1. The summed E-state index contributed by atoms with van der Waals surface area (Å²) >= 11 is 0. The van der Waals surface area contributed by atoms with E-state index in [1.54, 1.807) is 20.8 Å². The lowest BCUT2D eigenvalue weighted by Crippen LogP contribution is -2.61. The molecule has 4 heteroatoms. The molecule has 0 bridgehead atoms. The van der Waals surface area contributed by atoms with E-state index in [1.165, 1.54) is 0 Å². The first-order chi connectivity index (χ1) is 7.81. The number of hydrogen-bond acceptors (Lipinski definition) is 3. The van der Waals surface area contributed by atoms with E-state index >= 15 is 0 Å². The highest BCUT2D eigenvalue weighted by Crippen LogP contribution is 2.16. The number of benzene rings is 1. The Morgan fingerprint density at radius 1 is 1.29 bits per heavy atom. The Kier molecular flexibility index (Phi) is 4.26. The topological polar surface area (TPSA) is 74.2 Å². The van der Waals surface area contributed by atoms with E-state index < -0.39 is 23.7 Å². The largest absolute Gasteiger partial charge is 0.458 e. The Hall–Kier alpha value is -1.39. The molecule has 0 saturated heterocycles. The van der Waals surface area contributed by atoms with Crippen molar-refractivity contribution in [1.29, 1.82) is 0 Å². The third kappa shape index (κ3) is 4.17. The zero-order valence-corrected chi connectivity index (χ0v) is 10.5. The second-order valence-corrected chi connectivity index (χ2v) is 5.00. The van der Waals surface area contributed by atoms with Crippen LogP contribution in [-0.4, -0.2) is 22.8 Å². The van der Waals surface area contributed by atoms with Gasteiger partial charge in [0, 0.05) is 5.56 Å². The highest BCUT2D eigenvalue weighted by Gasteiger charge is 2.31. The van der Waals surface area contributed by atoms with Gasteiger partial charge in [-0.3, -0.25) is 0 Å². The van der Waals surface area contributed by atoms with Gasteiger partial charge in [-0.1, -0.05) is 30.3 Å². The molecular weight excluding hydrogens is 218 g/mol. The van der Waals surface area contributed by atoms with E-state index in [4.69, 9.17) is 4.74 Å². The maximum absolute atomic E-state index is 11.7. The van der Waals surface area contributed by atoms with E-state index in [2.05, 4.69) is 5.73 Å². The summed E-state index contributed by atoms with van der Waals surface area (Å²) in [7, 11) is 0. The zero-order chi connectivity index (χ0) is 13.1. The van der Waals surface area contributed by atoms with E-state index in [0.29, 0.717) is 0 Å². The molecule has 1 aromatic rings. The van der Waals surface area contributed by atoms with Crippen LogP contribution in [0.25, 0.3) is 0 Å². The Bertz CT molecular complexity index is 370. The first-order valence-electron chi connectivity index (χ1n) is 5.60. The Balaban J connectivity index is 2.70. The van der Waals surface area contributed by atoms with Crippen LogP contribution in [0.5, 0.6) is 0 Å². The number of carbonyl (C=O) groups is 1. The average Bonchev–Trinajstić information content (AvgIpc) is 2.26. The lowest BCUT2D eigenvalue weighted by Gasteiger charge is -2.23. The van der Waals surface area contributed by atoms with Crippen molar-refractivity contribution in [3.63, 3.8) is 0 Å². The SMILES string of the molecule is CC(C)(C)OC(=O)[C@@H](O)[C@@H]([NH3+])c1ccccc1. The molecule has 2 atom stereocenters. The quantitative estimate of drug-likeness (QED) is 0.760. The van der Waals surface area contributed by atoms with Crippen LogP contribution in [0.1, 0.15) is 32.4 Å². The van der Waals surface area contributed by atoms with Crippen LogP contribution in [0.3, 0.4) is 0 Å². The molecule has 17 heavy (non-hydrogen) atoms. The second kappa shape index (κ2) is 5.29. The molecule has 0 aliphatic heterocycles. The van der Waals surface area contributed by atoms with E-state index in [0.717, 1.165) is 5.56 Å². The molecule has 0 saturated carbocycles. The molecule has 4 nitrogen and oxygen atoms in total. The fourth-order valence-electron chi connectivity index (χ4n) is 1.41. The van der Waals surface area contributed by atoms with Gasteiger partial charge < -0.3 is 15.6 Å². The van der Waals surface area contributed by atoms with Gasteiger partial charge in [0.25, 0.3) is 0 Å². The summed E-state index contributed by atoms with van der Waals surface area (Å²) in [5.74, 6) is -0.638. The molecule has 0 heterocycles. The molecule has 94 valence electrons. The summed E-state index contributed by atoms with van der Waals surface area (Å²) in [6.45, 7) is 5.29. The van der Waals surface area contributed by atoms with Crippen LogP contribution in [0.15, 0.2) is 30.3 Å². The fraction of sp³-hybridized carbons (Fsp3) is 0.462. The van der Waals surface area contributed by atoms with Crippen LogP contribution >= 0.6 is 0 Å². The lowest BCUT2D eigenvalue weighted by atomic mass is 10.0. The normalized spacial score (nSPS) is 15.1. The van der Waals surface area contributed by atoms with Crippen molar-refractivity contribution >= 4 is 5.97 Å². The van der Waals surface area contributed by atoms with Gasteiger partial charge in [-0.25, -0.2) is 4.79 Å². The average molecular weight is 238 g/mol. The molecule has 0 spiro atoms. The van der Waals surface area contributed by atoms with Crippen molar-refractivity contribution in [1.82, 2.24) is 0 Å². The summed E-state index contributed by atoms with van der Waals surface area (Å²) in [5, 5.41) is 9.87. The number of esters is 1. The van der Waals surface area contributed by atoms with Crippen molar-refractivity contribution in [2.75, 3.05) is 0 Å². The number of rotatable bonds is 3. The lowest BCUT2D eigenvalue weighted by molar-refractivity contribution is -0.441. The predicted octanol–water partition coefficient (Wildman–Crippen LogP) is 0.672. The maximum Gasteiger partial charge on any atom is 0.342 e. The van der Waals surface area contributed by atoms with Gasteiger partial charge in [-0.05, 0) is 20.8 Å². The molecule has 0 aliphatic rings. The summed E-state index contributed by atoms with van der Waals surface area (Å²) < 4.78 is 5.11. The van der Waals surface area contributed by atoms with Gasteiger partial charge in [0.05, 0.1) is 0 Å². The smallest absolute Gasteiger partial charge is 0.342 e. The first kappa shape index (κ1) is 13.7. The maximum atomic E-state index is 11.7. The van der Waals surface area contributed by atoms with Crippen LogP contribution in [0.4, 0.5) is 0 Å². The molecule has 0 amide bonds. The highest BCUT2D eigenvalue weighted by molar-refractivity contribution is 5.75. The first-order valence-corrected chi connectivity index (χ1v) is 5.60. The molecule has 0 aliphatic carbocycles. The minimum atomic E-state index is -1.24. The monoisotopic (exact) mass is 238 g/mol. The van der Waals surface area contributed by atoms with E-state index in [-0.39, 0.29) is 0 Å². The number of quaternary nitrogens is 1. The van der Waals surface area contributed by atoms with Crippen LogP contribution < -0.4 is 5.73 Å². The summed E-state index contributed by atoms with van der Waals surface area (Å²) in [5.41, 5.74) is 4.02. The second-order valence-electron chi connectivity index (χ2n) is 5.00. The number of hydrogen-bond donors (Lipinski definition) is 2. The molecule has 1 aromatic carbocycles. The Morgan fingerprint density at radius 2 is 1.82 bits per heavy atom. The van der Waals surface area contributed by atoms with Crippen LogP contribution in [0, 0.1) is 0 Å². The number of ether oxygens (including phenoxy) is 1. The predicted molar refractivity (Wildman–Crippen MR) is 63.9 cm³/mol. The van der Waals surface area contributed by atoms with Crippen molar-refractivity contribution in [2.45, 2.75) is 38.5 Å². The van der Waals surface area contributed by atoms with Crippen LogP contribution in [-0.2, 0) is 9.53 Å². The Labute approximate surface area is 101 Å². The Morgan fingerprint density at radius 3 is 2.29 bits per heavy atom. The minimum Gasteiger partial charge on any atom is -0.458 e. The van der Waals surface area contributed by atoms with Crippen molar-refractivity contribution in [3.8, 4) is 0 Å². The number of aliphatic hydroxyl groups excluding tert-OH is 1. The summed E-state index contributed by atoms with van der Waals surface area (Å²) in [6.07, 6.45) is -1.24. The molecule has 0 unspecified atom stereocenters. The number of aliphatic hydroxyl groups is 1. The van der Waals surface area contributed by atoms with Gasteiger partial charge in [0.1, 0.15) is 11.6 Å².